The van der Waals surface area contributed by atoms with Crippen LogP contribution < -0.4 is 15.9 Å². The molecule has 3 rings (SSSR count). The van der Waals surface area contributed by atoms with Gasteiger partial charge < -0.3 is 0 Å². The molecule has 0 fully saturated rings. The topological polar surface area (TPSA) is 38.7 Å². The molecule has 1 N–H and O–H groups in total. The van der Waals surface area contributed by atoms with Gasteiger partial charge in [-0.2, -0.15) is 0 Å². The Morgan fingerprint density at radius 1 is 0.692 bits per heavy atom. The molecule has 0 spiro atoms. The summed E-state index contributed by atoms with van der Waals surface area (Å²) < 4.78 is 4.55. The van der Waals surface area contributed by atoms with Gasteiger partial charge in [-0.1, -0.05) is 59.6 Å². The molecule has 26 heavy (non-hydrogen) atoms. The fourth-order valence-corrected chi connectivity index (χ4v) is 8.23. The van der Waals surface area contributed by atoms with Crippen LogP contribution in [0.2, 0.25) is 0 Å². The van der Waals surface area contributed by atoms with Crippen LogP contribution in [-0.2, 0) is 9.37 Å². The number of hydrogen-bond acceptors (Lipinski definition) is 4. The van der Waals surface area contributed by atoms with Crippen LogP contribution in [0.4, 0.5) is 0 Å². The van der Waals surface area contributed by atoms with E-state index in [1.165, 1.54) is 15.9 Å². The standard InChI is InChI=1S/C21H21O3PS/c22-23-24-26-18-10-17-25(19-11-4-1-5-12-19,20-13-6-2-7-14-20)21-15-8-3-9-16-21/h1-9,11-16H,10,17-18H2/p+1. The van der Waals surface area contributed by atoms with Crippen molar-refractivity contribution in [3.8, 4) is 0 Å². The quantitative estimate of drug-likeness (QED) is 0.194. The average Bonchev–Trinajstić information content (AvgIpc) is 2.73. The fraction of sp³-hybridized carbons (Fsp3) is 0.143. The minimum atomic E-state index is -1.77. The minimum absolute atomic E-state index is 0.745. The first-order chi connectivity index (χ1) is 12.9. The van der Waals surface area contributed by atoms with Crippen molar-refractivity contribution in [3.63, 3.8) is 0 Å². The van der Waals surface area contributed by atoms with E-state index < -0.39 is 7.26 Å². The van der Waals surface area contributed by atoms with Gasteiger partial charge in [0.2, 0.25) is 0 Å². The van der Waals surface area contributed by atoms with E-state index in [1.807, 2.05) is 0 Å². The highest BCUT2D eigenvalue weighted by molar-refractivity contribution is 7.96. The second-order valence-corrected chi connectivity index (χ2v) is 10.3. The summed E-state index contributed by atoms with van der Waals surface area (Å²) in [6, 6.07) is 32.4. The maximum Gasteiger partial charge on any atom is 0.112 e. The third-order valence-electron chi connectivity index (χ3n) is 4.39. The van der Waals surface area contributed by atoms with E-state index in [4.69, 9.17) is 5.26 Å². The van der Waals surface area contributed by atoms with Crippen molar-refractivity contribution in [2.45, 2.75) is 6.42 Å². The lowest BCUT2D eigenvalue weighted by Gasteiger charge is -2.27. The maximum absolute atomic E-state index is 8.32. The summed E-state index contributed by atoms with van der Waals surface area (Å²) in [5.41, 5.74) is 0. The van der Waals surface area contributed by atoms with Crippen LogP contribution in [-0.4, -0.2) is 17.2 Å². The molecule has 0 amide bonds. The summed E-state index contributed by atoms with van der Waals surface area (Å²) >= 11 is 1.13. The number of benzene rings is 3. The van der Waals surface area contributed by atoms with Crippen molar-refractivity contribution < 1.29 is 14.6 Å². The van der Waals surface area contributed by atoms with Crippen molar-refractivity contribution in [2.24, 2.45) is 0 Å². The Morgan fingerprint density at radius 2 is 1.12 bits per heavy atom. The Morgan fingerprint density at radius 3 is 1.50 bits per heavy atom. The van der Waals surface area contributed by atoms with E-state index in [2.05, 4.69) is 100 Å². The lowest BCUT2D eigenvalue weighted by atomic mass is 10.4. The van der Waals surface area contributed by atoms with E-state index in [0.717, 1.165) is 30.4 Å². The molecule has 3 aromatic rings. The first-order valence-electron chi connectivity index (χ1n) is 8.52. The smallest absolute Gasteiger partial charge is 0.112 e. The van der Waals surface area contributed by atoms with Crippen LogP contribution in [0.3, 0.4) is 0 Å². The SMILES string of the molecule is OOOSCCC[P+](c1ccccc1)(c1ccccc1)c1ccccc1. The summed E-state index contributed by atoms with van der Waals surface area (Å²) in [5.74, 6) is 0.745. The molecule has 0 aromatic heterocycles. The molecule has 0 aliphatic heterocycles. The highest BCUT2D eigenvalue weighted by Gasteiger charge is 2.44. The third kappa shape index (κ3) is 4.35. The lowest BCUT2D eigenvalue weighted by molar-refractivity contribution is -0.432. The Balaban J connectivity index is 2.06. The summed E-state index contributed by atoms with van der Waals surface area (Å²) in [6.45, 7) is 0. The third-order valence-corrected chi connectivity index (χ3v) is 9.53. The highest BCUT2D eigenvalue weighted by Crippen LogP contribution is 2.55. The van der Waals surface area contributed by atoms with Crippen molar-refractivity contribution in [1.82, 2.24) is 0 Å². The first kappa shape index (κ1) is 19.1. The molecule has 0 bridgehead atoms. The van der Waals surface area contributed by atoms with Crippen LogP contribution >= 0.6 is 19.3 Å². The number of hydrogen-bond donors (Lipinski definition) is 1. The molecule has 0 aliphatic carbocycles. The zero-order valence-electron chi connectivity index (χ0n) is 14.4. The van der Waals surface area contributed by atoms with Gasteiger partial charge >= 0.3 is 0 Å². The molecule has 3 nitrogen and oxygen atoms in total. The maximum atomic E-state index is 8.32. The molecule has 134 valence electrons. The Hall–Kier alpha value is -1.68. The molecule has 0 saturated carbocycles. The van der Waals surface area contributed by atoms with Crippen molar-refractivity contribution in [1.29, 1.82) is 0 Å². The first-order valence-corrected chi connectivity index (χ1v) is 11.4. The Labute approximate surface area is 159 Å². The molecule has 0 saturated heterocycles. The number of rotatable bonds is 9. The Kier molecular flexibility index (Phi) is 7.24. The molecular weight excluding hydrogens is 363 g/mol. The van der Waals surface area contributed by atoms with E-state index in [0.29, 0.717) is 0 Å². The summed E-state index contributed by atoms with van der Waals surface area (Å²) in [6.07, 6.45) is 1.97. The average molecular weight is 385 g/mol. The molecule has 5 heteroatoms. The second-order valence-electron chi connectivity index (χ2n) is 5.86. The fourth-order valence-electron chi connectivity index (χ4n) is 3.30. The van der Waals surface area contributed by atoms with Gasteiger partial charge in [-0.05, 0) is 42.8 Å². The van der Waals surface area contributed by atoms with Gasteiger partial charge in [0.05, 0.1) is 6.16 Å². The van der Waals surface area contributed by atoms with Crippen molar-refractivity contribution >= 4 is 35.2 Å². The van der Waals surface area contributed by atoms with Gasteiger partial charge in [0.25, 0.3) is 0 Å². The minimum Gasteiger partial charge on any atom is -0.220 e. The highest BCUT2D eigenvalue weighted by atomic mass is 32.2. The van der Waals surface area contributed by atoms with Crippen LogP contribution in [0.1, 0.15) is 6.42 Å². The van der Waals surface area contributed by atoms with Gasteiger partial charge in [0, 0.05) is 17.8 Å². The summed E-state index contributed by atoms with van der Waals surface area (Å²) in [7, 11) is -1.77. The monoisotopic (exact) mass is 385 g/mol. The van der Waals surface area contributed by atoms with E-state index in [9.17, 15) is 0 Å². The van der Waals surface area contributed by atoms with Crippen LogP contribution in [0, 0.1) is 0 Å². The van der Waals surface area contributed by atoms with Gasteiger partial charge in [0.15, 0.2) is 0 Å². The zero-order chi connectivity index (χ0) is 18.1. The molecule has 0 radical (unpaired) electrons. The molecule has 3 aromatic carbocycles. The van der Waals surface area contributed by atoms with Crippen LogP contribution in [0.15, 0.2) is 91.0 Å². The predicted octanol–water partition coefficient (Wildman–Crippen LogP) is 4.44. The predicted molar refractivity (Wildman–Crippen MR) is 112 cm³/mol. The largest absolute Gasteiger partial charge is 0.220 e. The van der Waals surface area contributed by atoms with Crippen molar-refractivity contribution in [2.75, 3.05) is 11.9 Å². The van der Waals surface area contributed by atoms with Gasteiger partial charge in [0.1, 0.15) is 23.2 Å². The van der Waals surface area contributed by atoms with Crippen LogP contribution in [0.25, 0.3) is 0 Å². The van der Waals surface area contributed by atoms with Gasteiger partial charge in [-0.3, -0.25) is 0 Å². The molecular formula is C21H22O3PS+. The summed E-state index contributed by atoms with van der Waals surface area (Å²) in [4.78, 5) is 0. The normalized spacial score (nSPS) is 11.4. The summed E-state index contributed by atoms with van der Waals surface area (Å²) in [5, 5.41) is 16.2. The molecule has 0 unspecified atom stereocenters. The lowest BCUT2D eigenvalue weighted by Crippen LogP contribution is -2.33. The van der Waals surface area contributed by atoms with Gasteiger partial charge in [-0.15, -0.1) is 4.33 Å². The van der Waals surface area contributed by atoms with Crippen LogP contribution in [0.5, 0.6) is 0 Å². The van der Waals surface area contributed by atoms with E-state index >= 15 is 0 Å². The van der Waals surface area contributed by atoms with E-state index in [1.54, 1.807) is 0 Å². The Bertz CT molecular complexity index is 672. The molecule has 0 aliphatic rings. The van der Waals surface area contributed by atoms with Gasteiger partial charge in [-0.25, -0.2) is 5.26 Å². The van der Waals surface area contributed by atoms with E-state index in [-0.39, 0.29) is 0 Å². The molecule has 0 heterocycles. The zero-order valence-corrected chi connectivity index (χ0v) is 16.1. The van der Waals surface area contributed by atoms with Crippen molar-refractivity contribution in [3.05, 3.63) is 91.0 Å². The second kappa shape index (κ2) is 9.86. The molecule has 0 atom stereocenters.